The maximum Gasteiger partial charge on any atom is 0.358 e. The Morgan fingerprint density at radius 1 is 1.50 bits per heavy atom. The van der Waals surface area contributed by atoms with Gasteiger partial charge in [-0.05, 0) is 24.9 Å². The molecule has 0 aliphatic heterocycles. The number of ketones is 1. The van der Waals surface area contributed by atoms with Gasteiger partial charge < -0.3 is 10.1 Å². The lowest BCUT2D eigenvalue weighted by Crippen LogP contribution is -2.13. The van der Waals surface area contributed by atoms with Crippen LogP contribution in [0.2, 0.25) is 0 Å². The van der Waals surface area contributed by atoms with E-state index in [2.05, 4.69) is 23.5 Å². The summed E-state index contributed by atoms with van der Waals surface area (Å²) < 4.78 is 4.92. The zero-order valence-electron chi connectivity index (χ0n) is 12.2. The quantitative estimate of drug-likeness (QED) is 0.587. The first kappa shape index (κ1) is 17.0. The van der Waals surface area contributed by atoms with E-state index in [0.717, 1.165) is 12.3 Å². The Morgan fingerprint density at radius 3 is 2.75 bits per heavy atom. The summed E-state index contributed by atoms with van der Waals surface area (Å²) in [6, 6.07) is 0. The normalized spacial score (nSPS) is 12.0. The summed E-state index contributed by atoms with van der Waals surface area (Å²) in [7, 11) is 0. The molecule has 7 heteroatoms. The number of esters is 1. The molecular formula is C13H20N2O3S2. The number of hydrogen-bond donors (Lipinski definition) is 1. The second-order valence-electron chi connectivity index (χ2n) is 4.41. The van der Waals surface area contributed by atoms with Crippen molar-refractivity contribution in [2.24, 2.45) is 5.92 Å². The van der Waals surface area contributed by atoms with E-state index >= 15 is 0 Å². The lowest BCUT2D eigenvalue weighted by atomic mass is 10.2. The van der Waals surface area contributed by atoms with Gasteiger partial charge >= 0.3 is 5.97 Å². The Balaban J connectivity index is 2.81. The van der Waals surface area contributed by atoms with Crippen LogP contribution in [0.1, 0.15) is 40.9 Å². The van der Waals surface area contributed by atoms with E-state index in [0.29, 0.717) is 15.9 Å². The average Bonchev–Trinajstić information content (AvgIpc) is 2.81. The van der Waals surface area contributed by atoms with Gasteiger partial charge in [0.25, 0.3) is 0 Å². The van der Waals surface area contributed by atoms with Crippen LogP contribution in [0.15, 0.2) is 0 Å². The number of ether oxygens (including phenoxy) is 1. The van der Waals surface area contributed by atoms with Crippen molar-refractivity contribution in [2.45, 2.75) is 20.8 Å². The number of carbonyl (C=O) groups excluding carboxylic acids is 2. The lowest BCUT2D eigenvalue weighted by Gasteiger charge is -2.09. The fraction of sp³-hybridized carbons (Fsp3) is 0.615. The Bertz CT molecular complexity index is 474. The highest BCUT2D eigenvalue weighted by molar-refractivity contribution is 7.98. The zero-order valence-corrected chi connectivity index (χ0v) is 13.8. The summed E-state index contributed by atoms with van der Waals surface area (Å²) in [6.07, 6.45) is 2.06. The van der Waals surface area contributed by atoms with Gasteiger partial charge in [0.15, 0.2) is 16.6 Å². The third-order valence-electron chi connectivity index (χ3n) is 2.47. The molecule has 0 aliphatic carbocycles. The summed E-state index contributed by atoms with van der Waals surface area (Å²) in [5.41, 5.74) is 0.115. The molecule has 0 bridgehead atoms. The molecule has 1 aromatic heterocycles. The smallest absolute Gasteiger partial charge is 0.358 e. The van der Waals surface area contributed by atoms with E-state index in [-0.39, 0.29) is 18.1 Å². The highest BCUT2D eigenvalue weighted by Gasteiger charge is 2.22. The maximum absolute atomic E-state index is 11.8. The number of nitrogens with zero attached hydrogens (tertiary/aromatic N) is 1. The fourth-order valence-corrected chi connectivity index (χ4v) is 3.12. The Morgan fingerprint density at radius 2 is 2.20 bits per heavy atom. The van der Waals surface area contributed by atoms with E-state index in [4.69, 9.17) is 4.74 Å². The SMILES string of the molecule is CCOC(=O)c1nc(NCC(C)CSC)sc1C(C)=O. The molecular weight excluding hydrogens is 296 g/mol. The molecule has 0 amide bonds. The van der Waals surface area contributed by atoms with Crippen LogP contribution in [0.25, 0.3) is 0 Å². The average molecular weight is 316 g/mol. The van der Waals surface area contributed by atoms with Gasteiger partial charge in [0.2, 0.25) is 0 Å². The fourth-order valence-electron chi connectivity index (χ4n) is 1.58. The van der Waals surface area contributed by atoms with Crippen molar-refractivity contribution in [2.75, 3.05) is 30.5 Å². The van der Waals surface area contributed by atoms with Crippen LogP contribution in [0, 0.1) is 5.92 Å². The molecule has 1 atom stereocenters. The van der Waals surface area contributed by atoms with Gasteiger partial charge in [-0.15, -0.1) is 0 Å². The number of anilines is 1. The molecule has 0 aromatic carbocycles. The zero-order chi connectivity index (χ0) is 15.1. The van der Waals surface area contributed by atoms with Crippen LogP contribution in [-0.2, 0) is 4.74 Å². The van der Waals surface area contributed by atoms with Crippen molar-refractivity contribution < 1.29 is 14.3 Å². The van der Waals surface area contributed by atoms with Gasteiger partial charge in [-0.2, -0.15) is 11.8 Å². The van der Waals surface area contributed by atoms with Crippen LogP contribution >= 0.6 is 23.1 Å². The highest BCUT2D eigenvalue weighted by Crippen LogP contribution is 2.24. The van der Waals surface area contributed by atoms with Crippen LogP contribution in [0.4, 0.5) is 5.13 Å². The first-order valence-electron chi connectivity index (χ1n) is 6.41. The van der Waals surface area contributed by atoms with Gasteiger partial charge in [-0.1, -0.05) is 18.3 Å². The monoisotopic (exact) mass is 316 g/mol. The summed E-state index contributed by atoms with van der Waals surface area (Å²) in [5, 5.41) is 3.77. The van der Waals surface area contributed by atoms with Gasteiger partial charge in [0.05, 0.1) is 6.61 Å². The van der Waals surface area contributed by atoms with Crippen LogP contribution in [-0.4, -0.2) is 41.9 Å². The molecule has 1 unspecified atom stereocenters. The third-order valence-corrected chi connectivity index (χ3v) is 4.48. The van der Waals surface area contributed by atoms with E-state index in [1.165, 1.54) is 18.3 Å². The minimum Gasteiger partial charge on any atom is -0.461 e. The number of rotatable bonds is 8. The number of nitrogens with one attached hydrogen (secondary N) is 1. The van der Waals surface area contributed by atoms with Gasteiger partial charge in [0, 0.05) is 13.5 Å². The second kappa shape index (κ2) is 8.26. The topological polar surface area (TPSA) is 68.3 Å². The van der Waals surface area contributed by atoms with E-state index in [1.807, 2.05) is 0 Å². The molecule has 0 aliphatic rings. The van der Waals surface area contributed by atoms with E-state index in [9.17, 15) is 9.59 Å². The van der Waals surface area contributed by atoms with Crippen molar-refractivity contribution in [3.05, 3.63) is 10.6 Å². The van der Waals surface area contributed by atoms with Gasteiger partial charge in [-0.25, -0.2) is 9.78 Å². The largest absolute Gasteiger partial charge is 0.461 e. The predicted molar refractivity (Wildman–Crippen MR) is 84.1 cm³/mol. The van der Waals surface area contributed by atoms with Crippen LogP contribution < -0.4 is 5.32 Å². The number of aromatic nitrogens is 1. The first-order valence-corrected chi connectivity index (χ1v) is 8.62. The minimum atomic E-state index is -0.542. The molecule has 5 nitrogen and oxygen atoms in total. The highest BCUT2D eigenvalue weighted by atomic mass is 32.2. The Labute approximate surface area is 127 Å². The van der Waals surface area contributed by atoms with Crippen molar-refractivity contribution in [1.29, 1.82) is 0 Å². The number of hydrogen-bond acceptors (Lipinski definition) is 7. The molecule has 112 valence electrons. The summed E-state index contributed by atoms with van der Waals surface area (Å²) in [4.78, 5) is 27.9. The lowest BCUT2D eigenvalue weighted by molar-refractivity contribution is 0.0517. The number of Topliss-reactive ketones (excluding diaryl/α,β-unsaturated/α-hetero) is 1. The molecule has 1 rings (SSSR count). The first-order chi connectivity index (χ1) is 9.49. The maximum atomic E-state index is 11.8. The number of thioether (sulfide) groups is 1. The van der Waals surface area contributed by atoms with E-state index in [1.54, 1.807) is 18.7 Å². The minimum absolute atomic E-state index is 0.115. The van der Waals surface area contributed by atoms with Gasteiger partial charge in [0.1, 0.15) is 4.88 Å². The molecule has 0 saturated carbocycles. The van der Waals surface area contributed by atoms with Crippen molar-refractivity contribution >= 4 is 40.0 Å². The molecule has 0 saturated heterocycles. The number of thiazole rings is 1. The summed E-state index contributed by atoms with van der Waals surface area (Å²) in [6.45, 7) is 6.31. The van der Waals surface area contributed by atoms with Crippen LogP contribution in [0.5, 0.6) is 0 Å². The third kappa shape index (κ3) is 4.79. The predicted octanol–water partition coefficient (Wildman–Crippen LogP) is 2.93. The van der Waals surface area contributed by atoms with Crippen molar-refractivity contribution in [3.63, 3.8) is 0 Å². The van der Waals surface area contributed by atoms with Crippen LogP contribution in [0.3, 0.4) is 0 Å². The molecule has 0 fully saturated rings. The molecule has 1 aromatic rings. The summed E-state index contributed by atoms with van der Waals surface area (Å²) >= 11 is 2.99. The van der Waals surface area contributed by atoms with Crippen molar-refractivity contribution in [3.8, 4) is 0 Å². The molecule has 1 N–H and O–H groups in total. The molecule has 1 heterocycles. The Hall–Kier alpha value is -1.08. The van der Waals surface area contributed by atoms with Crippen molar-refractivity contribution in [1.82, 2.24) is 4.98 Å². The van der Waals surface area contributed by atoms with Gasteiger partial charge in [-0.3, -0.25) is 4.79 Å². The second-order valence-corrected chi connectivity index (χ2v) is 6.32. The molecule has 0 radical (unpaired) electrons. The standard InChI is InChI=1S/C13H20N2O3S2/c1-5-18-12(17)10-11(9(3)16)20-13(15-10)14-6-8(2)7-19-4/h8H,5-7H2,1-4H3,(H,14,15). The Kier molecular flexibility index (Phi) is 7.01. The van der Waals surface area contributed by atoms with E-state index < -0.39 is 5.97 Å². The molecule has 20 heavy (non-hydrogen) atoms. The number of carbonyl (C=O) groups is 2. The molecule has 0 spiro atoms. The summed E-state index contributed by atoms with van der Waals surface area (Å²) in [5.74, 6) is 0.818.